The van der Waals surface area contributed by atoms with Crippen LogP contribution in [0, 0.1) is 11.7 Å². The Morgan fingerprint density at radius 2 is 1.73 bits per heavy atom. The largest absolute Gasteiger partial charge is 0.496 e. The molecule has 1 fully saturated rings. The predicted molar refractivity (Wildman–Crippen MR) is 117 cm³/mol. The van der Waals surface area contributed by atoms with Gasteiger partial charge in [-0.3, -0.25) is 9.69 Å². The van der Waals surface area contributed by atoms with Gasteiger partial charge in [-0.25, -0.2) is 4.39 Å². The number of benzene rings is 2. The monoisotopic (exact) mass is 410 g/mol. The Labute approximate surface area is 175 Å². The second-order valence-corrected chi connectivity index (χ2v) is 7.98. The summed E-state index contributed by atoms with van der Waals surface area (Å²) < 4.78 is 27.0. The summed E-state index contributed by atoms with van der Waals surface area (Å²) in [5.74, 6) is 1.83. The van der Waals surface area contributed by atoms with Crippen molar-refractivity contribution in [2.45, 2.75) is 19.9 Å². The number of fused-ring (bicyclic) bond motifs is 1. The topological polar surface area (TPSA) is 43.7 Å². The highest BCUT2D eigenvalue weighted by molar-refractivity contribution is 5.96. The number of rotatable bonds is 6. The highest BCUT2D eigenvalue weighted by Crippen LogP contribution is 2.38. The molecule has 1 aliphatic heterocycles. The zero-order valence-electron chi connectivity index (χ0n) is 17.9. The molecule has 0 aliphatic carbocycles. The molecule has 0 amide bonds. The SMILES string of the molecule is CCC1CN(Cc2c(OC)cc(-c3cn(C)c(=O)c4ccc(F)cc34)cc2OC)C1. The first kappa shape index (κ1) is 20.4. The lowest BCUT2D eigenvalue weighted by Crippen LogP contribution is -2.45. The number of nitrogens with zero attached hydrogens (tertiary/aromatic N) is 2. The smallest absolute Gasteiger partial charge is 0.258 e. The second kappa shape index (κ2) is 8.11. The Bertz CT molecular complexity index is 1120. The van der Waals surface area contributed by atoms with Gasteiger partial charge in [-0.1, -0.05) is 13.3 Å². The van der Waals surface area contributed by atoms with Crippen LogP contribution in [-0.2, 0) is 13.6 Å². The Balaban J connectivity index is 1.83. The molecule has 0 radical (unpaired) electrons. The lowest BCUT2D eigenvalue weighted by atomic mass is 9.95. The van der Waals surface area contributed by atoms with Crippen LogP contribution in [0.25, 0.3) is 21.9 Å². The highest BCUT2D eigenvalue weighted by Gasteiger charge is 2.27. The van der Waals surface area contributed by atoms with Crippen LogP contribution in [-0.4, -0.2) is 36.8 Å². The van der Waals surface area contributed by atoms with E-state index in [0.29, 0.717) is 10.8 Å². The minimum absolute atomic E-state index is 0.160. The van der Waals surface area contributed by atoms with Gasteiger partial charge in [-0.15, -0.1) is 0 Å². The molecule has 0 bridgehead atoms. The van der Waals surface area contributed by atoms with Crippen LogP contribution in [0.2, 0.25) is 0 Å². The van der Waals surface area contributed by atoms with Gasteiger partial charge in [0.25, 0.3) is 5.56 Å². The van der Waals surface area contributed by atoms with Gasteiger partial charge in [0.15, 0.2) is 0 Å². The standard InChI is InChI=1S/C24H27FN2O3/c1-5-15-11-27(12-15)14-21-22(29-3)8-16(9-23(21)30-4)20-13-26(2)24(28)18-7-6-17(25)10-19(18)20/h6-10,13,15H,5,11-12,14H2,1-4H3. The molecule has 0 saturated carbocycles. The first-order valence-electron chi connectivity index (χ1n) is 10.2. The van der Waals surface area contributed by atoms with Crippen molar-refractivity contribution in [3.05, 3.63) is 58.3 Å². The van der Waals surface area contributed by atoms with Gasteiger partial charge in [0.1, 0.15) is 17.3 Å². The summed E-state index contributed by atoms with van der Waals surface area (Å²) in [6.45, 7) is 5.13. The zero-order valence-corrected chi connectivity index (χ0v) is 17.9. The van der Waals surface area contributed by atoms with E-state index in [0.717, 1.165) is 53.7 Å². The molecule has 0 atom stereocenters. The number of hydrogen-bond donors (Lipinski definition) is 0. The van der Waals surface area contributed by atoms with Crippen LogP contribution in [0.1, 0.15) is 18.9 Å². The van der Waals surface area contributed by atoms with Crippen LogP contribution >= 0.6 is 0 Å². The van der Waals surface area contributed by atoms with Gasteiger partial charge in [-0.05, 0) is 47.2 Å². The third-order valence-corrected chi connectivity index (χ3v) is 6.06. The third-order valence-electron chi connectivity index (χ3n) is 6.06. The molecule has 158 valence electrons. The molecule has 0 N–H and O–H groups in total. The number of aryl methyl sites for hydroxylation is 1. The summed E-state index contributed by atoms with van der Waals surface area (Å²) in [6.07, 6.45) is 2.93. The molecular weight excluding hydrogens is 383 g/mol. The number of pyridine rings is 1. The van der Waals surface area contributed by atoms with Crippen molar-refractivity contribution in [1.82, 2.24) is 9.47 Å². The molecule has 3 aromatic rings. The van der Waals surface area contributed by atoms with E-state index in [-0.39, 0.29) is 11.4 Å². The summed E-state index contributed by atoms with van der Waals surface area (Å²) >= 11 is 0. The van der Waals surface area contributed by atoms with Gasteiger partial charge in [0.05, 0.1) is 19.8 Å². The van der Waals surface area contributed by atoms with E-state index >= 15 is 0 Å². The number of halogens is 1. The molecule has 30 heavy (non-hydrogen) atoms. The second-order valence-electron chi connectivity index (χ2n) is 7.98. The molecule has 1 aromatic heterocycles. The molecule has 2 aromatic carbocycles. The van der Waals surface area contributed by atoms with Crippen molar-refractivity contribution >= 4 is 10.8 Å². The maximum absolute atomic E-state index is 14.0. The van der Waals surface area contributed by atoms with Crippen molar-refractivity contribution in [1.29, 1.82) is 0 Å². The lowest BCUT2D eigenvalue weighted by Gasteiger charge is -2.39. The van der Waals surface area contributed by atoms with E-state index in [1.54, 1.807) is 27.5 Å². The number of aromatic nitrogens is 1. The van der Waals surface area contributed by atoms with Crippen LogP contribution in [0.5, 0.6) is 11.5 Å². The third kappa shape index (κ3) is 3.56. The fourth-order valence-electron chi connectivity index (χ4n) is 4.25. The Morgan fingerprint density at radius 3 is 2.33 bits per heavy atom. The first-order valence-corrected chi connectivity index (χ1v) is 10.2. The maximum Gasteiger partial charge on any atom is 0.258 e. The number of likely N-dealkylation sites (tertiary alicyclic amines) is 1. The minimum Gasteiger partial charge on any atom is -0.496 e. The molecule has 0 unspecified atom stereocenters. The van der Waals surface area contributed by atoms with Gasteiger partial charge in [0, 0.05) is 43.8 Å². The van der Waals surface area contributed by atoms with E-state index in [1.165, 1.54) is 29.2 Å². The van der Waals surface area contributed by atoms with Crippen molar-refractivity contribution in [2.75, 3.05) is 27.3 Å². The summed E-state index contributed by atoms with van der Waals surface area (Å²) in [6, 6.07) is 8.14. The quantitative estimate of drug-likeness (QED) is 0.611. The van der Waals surface area contributed by atoms with Crippen LogP contribution in [0.15, 0.2) is 41.3 Å². The number of hydrogen-bond acceptors (Lipinski definition) is 4. The van der Waals surface area contributed by atoms with E-state index in [9.17, 15) is 9.18 Å². The van der Waals surface area contributed by atoms with Crippen LogP contribution in [0.3, 0.4) is 0 Å². The van der Waals surface area contributed by atoms with Crippen molar-refractivity contribution in [2.24, 2.45) is 13.0 Å². The fourth-order valence-corrected chi connectivity index (χ4v) is 4.25. The molecule has 1 saturated heterocycles. The average Bonchev–Trinajstić information content (AvgIpc) is 2.72. The lowest BCUT2D eigenvalue weighted by molar-refractivity contribution is 0.0880. The summed E-state index contributed by atoms with van der Waals surface area (Å²) in [4.78, 5) is 14.9. The highest BCUT2D eigenvalue weighted by atomic mass is 19.1. The summed E-state index contributed by atoms with van der Waals surface area (Å²) in [5, 5.41) is 1.05. The molecule has 6 heteroatoms. The minimum atomic E-state index is -0.379. The fraction of sp³-hybridized carbons (Fsp3) is 0.375. The normalized spacial score (nSPS) is 14.7. The maximum atomic E-state index is 14.0. The molecule has 5 nitrogen and oxygen atoms in total. The first-order chi connectivity index (χ1) is 14.4. The molecule has 0 spiro atoms. The van der Waals surface area contributed by atoms with Crippen molar-refractivity contribution in [3.63, 3.8) is 0 Å². The van der Waals surface area contributed by atoms with Gasteiger partial charge in [-0.2, -0.15) is 0 Å². The molecule has 1 aliphatic rings. The predicted octanol–water partition coefficient (Wildman–Crippen LogP) is 4.20. The van der Waals surface area contributed by atoms with Crippen molar-refractivity contribution in [3.8, 4) is 22.6 Å². The number of ether oxygens (including phenoxy) is 2. The molecule has 4 rings (SSSR count). The van der Waals surface area contributed by atoms with Crippen molar-refractivity contribution < 1.29 is 13.9 Å². The van der Waals surface area contributed by atoms with Crippen LogP contribution < -0.4 is 15.0 Å². The Morgan fingerprint density at radius 1 is 1.07 bits per heavy atom. The summed E-state index contributed by atoms with van der Waals surface area (Å²) in [5.41, 5.74) is 2.41. The van der Waals surface area contributed by atoms with E-state index in [1.807, 2.05) is 12.1 Å². The molecule has 2 heterocycles. The summed E-state index contributed by atoms with van der Waals surface area (Å²) in [7, 11) is 4.99. The Kier molecular flexibility index (Phi) is 5.52. The number of methoxy groups -OCH3 is 2. The van der Waals surface area contributed by atoms with Gasteiger partial charge < -0.3 is 14.0 Å². The Hall–Kier alpha value is -2.86. The average molecular weight is 410 g/mol. The van der Waals surface area contributed by atoms with E-state index in [2.05, 4.69) is 11.8 Å². The van der Waals surface area contributed by atoms with E-state index in [4.69, 9.17) is 9.47 Å². The van der Waals surface area contributed by atoms with Crippen LogP contribution in [0.4, 0.5) is 4.39 Å². The van der Waals surface area contributed by atoms with Gasteiger partial charge in [0.2, 0.25) is 0 Å². The van der Waals surface area contributed by atoms with Gasteiger partial charge >= 0.3 is 0 Å². The zero-order chi connectivity index (χ0) is 21.4. The van der Waals surface area contributed by atoms with E-state index < -0.39 is 0 Å². The molecular formula is C24H27FN2O3.